The van der Waals surface area contributed by atoms with Gasteiger partial charge in [-0.3, -0.25) is 0 Å². The summed E-state index contributed by atoms with van der Waals surface area (Å²) in [5.74, 6) is 0.961. The van der Waals surface area contributed by atoms with E-state index in [1.54, 1.807) is 0 Å². The van der Waals surface area contributed by atoms with Crippen LogP contribution in [0.15, 0.2) is 36.4 Å². The summed E-state index contributed by atoms with van der Waals surface area (Å²) < 4.78 is 5.83. The number of fused-ring (bicyclic) bond motifs is 1. The van der Waals surface area contributed by atoms with Crippen molar-refractivity contribution in [2.75, 3.05) is 0 Å². The molecule has 0 fully saturated rings. The zero-order valence-electron chi connectivity index (χ0n) is 10.2. The second-order valence-electron chi connectivity index (χ2n) is 4.70. The van der Waals surface area contributed by atoms with Gasteiger partial charge in [-0.2, -0.15) is 0 Å². The van der Waals surface area contributed by atoms with Crippen molar-refractivity contribution in [2.24, 2.45) is 0 Å². The van der Waals surface area contributed by atoms with Crippen LogP contribution in [0.2, 0.25) is 5.02 Å². The first-order valence-corrected chi connectivity index (χ1v) is 6.41. The fraction of sp³-hybridized carbons (Fsp3) is 0.188. The Morgan fingerprint density at radius 3 is 2.89 bits per heavy atom. The Balaban J connectivity index is 2.19. The minimum atomic E-state index is 0.0145. The molecule has 0 spiro atoms. The first-order chi connectivity index (χ1) is 8.65. The monoisotopic (exact) mass is 257 g/mol. The second kappa shape index (κ2) is 4.33. The Labute approximate surface area is 112 Å². The number of aryl methyl sites for hydroxylation is 1. The molecule has 1 aliphatic rings. The van der Waals surface area contributed by atoms with Crippen LogP contribution in [0.25, 0.3) is 11.1 Å². The third kappa shape index (κ3) is 1.89. The minimum Gasteiger partial charge on any atom is -0.489 e. The molecule has 0 aromatic heterocycles. The summed E-state index contributed by atoms with van der Waals surface area (Å²) in [5.41, 5.74) is 4.67. The number of hydrogen-bond acceptors (Lipinski definition) is 1. The van der Waals surface area contributed by atoms with Crippen LogP contribution in [0, 0.1) is 13.8 Å². The van der Waals surface area contributed by atoms with Gasteiger partial charge in [-0.25, -0.2) is 0 Å². The van der Waals surface area contributed by atoms with Crippen molar-refractivity contribution in [3.05, 3.63) is 59.5 Å². The lowest BCUT2D eigenvalue weighted by Gasteiger charge is -2.12. The third-order valence-corrected chi connectivity index (χ3v) is 3.55. The van der Waals surface area contributed by atoms with Gasteiger partial charge in [0, 0.05) is 17.0 Å². The molecule has 0 amide bonds. The molecular formula is C16H14ClO. The molecule has 3 rings (SSSR count). The van der Waals surface area contributed by atoms with Crippen LogP contribution in [0.1, 0.15) is 11.1 Å². The lowest BCUT2D eigenvalue weighted by molar-refractivity contribution is 0.282. The van der Waals surface area contributed by atoms with Gasteiger partial charge in [0.1, 0.15) is 11.9 Å². The smallest absolute Gasteiger partial charge is 0.130 e. The molecular weight excluding hydrogens is 244 g/mol. The van der Waals surface area contributed by atoms with Crippen molar-refractivity contribution in [1.82, 2.24) is 0 Å². The average molecular weight is 258 g/mol. The molecule has 1 aliphatic heterocycles. The summed E-state index contributed by atoms with van der Waals surface area (Å²) in [6.07, 6.45) is 0.892. The Hall–Kier alpha value is -1.47. The van der Waals surface area contributed by atoms with Gasteiger partial charge in [0.15, 0.2) is 0 Å². The molecule has 0 bridgehead atoms. The van der Waals surface area contributed by atoms with Gasteiger partial charge in [-0.05, 0) is 42.7 Å². The highest BCUT2D eigenvalue weighted by Crippen LogP contribution is 2.40. The Kier molecular flexibility index (Phi) is 2.79. The molecule has 0 saturated heterocycles. The summed E-state index contributed by atoms with van der Waals surface area (Å²) in [4.78, 5) is 0. The predicted octanol–water partition coefficient (Wildman–Crippen LogP) is 4.45. The standard InChI is InChI=1S/C16H14ClO/c1-10-6-7-13(17)9-15(10)14-5-3-4-12-8-11(2)18-16(12)14/h3-7,9,11H,2,8H2,1H3. The summed E-state index contributed by atoms with van der Waals surface area (Å²) in [5, 5.41) is 0.748. The highest BCUT2D eigenvalue weighted by atomic mass is 35.5. The molecule has 0 saturated carbocycles. The minimum absolute atomic E-state index is 0.0145. The first-order valence-electron chi connectivity index (χ1n) is 6.03. The van der Waals surface area contributed by atoms with E-state index in [1.807, 2.05) is 18.2 Å². The van der Waals surface area contributed by atoms with Gasteiger partial charge in [0.05, 0.1) is 0 Å². The molecule has 1 heterocycles. The van der Waals surface area contributed by atoms with Crippen LogP contribution in [-0.4, -0.2) is 6.10 Å². The van der Waals surface area contributed by atoms with E-state index in [9.17, 15) is 0 Å². The van der Waals surface area contributed by atoms with E-state index in [2.05, 4.69) is 32.0 Å². The zero-order valence-corrected chi connectivity index (χ0v) is 11.0. The van der Waals surface area contributed by atoms with E-state index in [0.29, 0.717) is 0 Å². The predicted molar refractivity (Wildman–Crippen MR) is 75.1 cm³/mol. The van der Waals surface area contributed by atoms with Gasteiger partial charge in [-0.15, -0.1) is 0 Å². The van der Waals surface area contributed by atoms with Crippen LogP contribution in [0.3, 0.4) is 0 Å². The van der Waals surface area contributed by atoms with Crippen LogP contribution in [0.5, 0.6) is 5.75 Å². The van der Waals surface area contributed by atoms with Crippen LogP contribution < -0.4 is 4.74 Å². The van der Waals surface area contributed by atoms with Crippen molar-refractivity contribution < 1.29 is 4.74 Å². The zero-order chi connectivity index (χ0) is 12.7. The summed E-state index contributed by atoms with van der Waals surface area (Å²) in [6, 6.07) is 12.2. The maximum Gasteiger partial charge on any atom is 0.130 e. The summed E-state index contributed by atoms with van der Waals surface area (Å²) >= 11 is 6.09. The van der Waals surface area contributed by atoms with Crippen molar-refractivity contribution >= 4 is 11.6 Å². The van der Waals surface area contributed by atoms with E-state index >= 15 is 0 Å². The van der Waals surface area contributed by atoms with Gasteiger partial charge in [0.2, 0.25) is 0 Å². The van der Waals surface area contributed by atoms with Crippen LogP contribution in [0.4, 0.5) is 0 Å². The average Bonchev–Trinajstić information content (AvgIpc) is 2.72. The number of ether oxygens (including phenoxy) is 1. The van der Waals surface area contributed by atoms with Crippen molar-refractivity contribution in [1.29, 1.82) is 0 Å². The first kappa shape index (κ1) is 11.6. The number of benzene rings is 2. The number of rotatable bonds is 1. The molecule has 1 radical (unpaired) electrons. The fourth-order valence-electron chi connectivity index (χ4n) is 2.43. The molecule has 1 nitrogen and oxygen atoms in total. The van der Waals surface area contributed by atoms with Crippen LogP contribution in [-0.2, 0) is 6.42 Å². The molecule has 2 aromatic rings. The van der Waals surface area contributed by atoms with E-state index in [-0.39, 0.29) is 6.10 Å². The number of halogens is 1. The topological polar surface area (TPSA) is 9.23 Å². The lowest BCUT2D eigenvalue weighted by Crippen LogP contribution is -2.06. The molecule has 2 aromatic carbocycles. The SMILES string of the molecule is [CH2]C1Cc2cccc(-c3cc(Cl)ccc3C)c2O1. The highest BCUT2D eigenvalue weighted by Gasteiger charge is 2.22. The van der Waals surface area contributed by atoms with E-state index in [4.69, 9.17) is 16.3 Å². The van der Waals surface area contributed by atoms with Gasteiger partial charge in [-0.1, -0.05) is 35.9 Å². The Bertz CT molecular complexity index is 604. The maximum atomic E-state index is 6.09. The van der Waals surface area contributed by atoms with Crippen molar-refractivity contribution in [3.8, 4) is 16.9 Å². The normalized spacial score (nSPS) is 17.4. The second-order valence-corrected chi connectivity index (χ2v) is 5.13. The molecule has 0 aliphatic carbocycles. The van der Waals surface area contributed by atoms with Crippen LogP contribution >= 0.6 is 11.6 Å². The van der Waals surface area contributed by atoms with Crippen molar-refractivity contribution in [3.63, 3.8) is 0 Å². The Morgan fingerprint density at radius 1 is 1.22 bits per heavy atom. The van der Waals surface area contributed by atoms with Gasteiger partial charge in [0.25, 0.3) is 0 Å². The van der Waals surface area contributed by atoms with Crippen molar-refractivity contribution in [2.45, 2.75) is 19.4 Å². The summed E-state index contributed by atoms with van der Waals surface area (Å²) in [6.45, 7) is 6.06. The highest BCUT2D eigenvalue weighted by molar-refractivity contribution is 6.30. The fourth-order valence-corrected chi connectivity index (χ4v) is 2.61. The van der Waals surface area contributed by atoms with Gasteiger partial charge < -0.3 is 4.74 Å². The van der Waals surface area contributed by atoms with Gasteiger partial charge >= 0.3 is 0 Å². The van der Waals surface area contributed by atoms with E-state index in [0.717, 1.165) is 28.3 Å². The quantitative estimate of drug-likeness (QED) is 0.733. The molecule has 91 valence electrons. The molecule has 1 unspecified atom stereocenters. The maximum absolute atomic E-state index is 6.09. The summed E-state index contributed by atoms with van der Waals surface area (Å²) in [7, 11) is 0. The molecule has 2 heteroatoms. The van der Waals surface area contributed by atoms with E-state index < -0.39 is 0 Å². The largest absolute Gasteiger partial charge is 0.489 e. The molecule has 18 heavy (non-hydrogen) atoms. The molecule has 0 N–H and O–H groups in total. The Morgan fingerprint density at radius 2 is 2.06 bits per heavy atom. The number of hydrogen-bond donors (Lipinski definition) is 0. The number of para-hydroxylation sites is 1. The third-order valence-electron chi connectivity index (χ3n) is 3.32. The molecule has 1 atom stereocenters. The lowest BCUT2D eigenvalue weighted by atomic mass is 9.97. The van der Waals surface area contributed by atoms with E-state index in [1.165, 1.54) is 11.1 Å².